The monoisotopic (exact) mass is 402 g/mol. The molecule has 1 saturated heterocycles. The number of ether oxygens (including phenoxy) is 1. The van der Waals surface area contributed by atoms with E-state index in [0.717, 1.165) is 30.9 Å². The fourth-order valence-electron chi connectivity index (χ4n) is 3.23. The number of carbonyl (C=O) groups is 1. The van der Waals surface area contributed by atoms with Crippen molar-refractivity contribution in [1.29, 1.82) is 0 Å². The number of esters is 1. The van der Waals surface area contributed by atoms with Crippen molar-refractivity contribution < 1.29 is 17.9 Å². The maximum Gasteiger partial charge on any atom is 0.339 e. The molecule has 26 heavy (non-hydrogen) atoms. The van der Waals surface area contributed by atoms with E-state index in [1.807, 2.05) is 6.92 Å². The Balaban J connectivity index is 0.00000243. The first-order chi connectivity index (χ1) is 11.9. The summed E-state index contributed by atoms with van der Waals surface area (Å²) in [5, 5.41) is 3.55. The zero-order valence-electron chi connectivity index (χ0n) is 15.2. The summed E-state index contributed by atoms with van der Waals surface area (Å²) in [6.45, 7) is 3.81. The number of methoxy groups -OCH3 is 1. The Bertz CT molecular complexity index is 742. The molecule has 0 radical (unpaired) electrons. The molecule has 1 aliphatic heterocycles. The third kappa shape index (κ3) is 4.76. The van der Waals surface area contributed by atoms with E-state index in [0.29, 0.717) is 19.1 Å². The van der Waals surface area contributed by atoms with Gasteiger partial charge in [-0.1, -0.05) is 11.6 Å². The zero-order valence-corrected chi connectivity index (χ0v) is 16.9. The van der Waals surface area contributed by atoms with Gasteiger partial charge < -0.3 is 10.1 Å². The molecule has 1 aromatic carbocycles. The molecular weight excluding hydrogens is 376 g/mol. The second-order valence-electron chi connectivity index (χ2n) is 7.02. The van der Waals surface area contributed by atoms with E-state index >= 15 is 0 Å². The van der Waals surface area contributed by atoms with Gasteiger partial charge in [-0.25, -0.2) is 13.2 Å². The molecule has 1 saturated carbocycles. The highest BCUT2D eigenvalue weighted by Gasteiger charge is 2.33. The molecule has 8 heteroatoms. The molecule has 1 N–H and O–H groups in total. The molecule has 2 fully saturated rings. The number of halogens is 1. The van der Waals surface area contributed by atoms with E-state index in [-0.39, 0.29) is 22.9 Å². The molecule has 0 amide bonds. The van der Waals surface area contributed by atoms with Gasteiger partial charge in [-0.2, -0.15) is 4.31 Å². The fraction of sp³-hybridized carbons (Fsp3) is 0.611. The summed E-state index contributed by atoms with van der Waals surface area (Å²) < 4.78 is 32.3. The highest BCUT2D eigenvalue weighted by atomic mass is 35.5. The predicted molar refractivity (Wildman–Crippen MR) is 102 cm³/mol. The summed E-state index contributed by atoms with van der Waals surface area (Å²) in [7, 11) is -2.44. The summed E-state index contributed by atoms with van der Waals surface area (Å²) in [4.78, 5) is 12.0. The van der Waals surface area contributed by atoms with Crippen molar-refractivity contribution in [2.45, 2.75) is 43.5 Å². The molecule has 6 nitrogen and oxygen atoms in total. The van der Waals surface area contributed by atoms with E-state index in [1.165, 1.54) is 30.3 Å². The minimum Gasteiger partial charge on any atom is -0.465 e. The Morgan fingerprint density at radius 3 is 2.46 bits per heavy atom. The van der Waals surface area contributed by atoms with Crippen LogP contribution in [0.1, 0.15) is 41.6 Å². The van der Waals surface area contributed by atoms with Crippen LogP contribution in [0, 0.1) is 12.8 Å². The Kier molecular flexibility index (Phi) is 7.07. The van der Waals surface area contributed by atoms with Crippen molar-refractivity contribution in [3.8, 4) is 0 Å². The van der Waals surface area contributed by atoms with Gasteiger partial charge in [0, 0.05) is 19.1 Å². The largest absolute Gasteiger partial charge is 0.465 e. The van der Waals surface area contributed by atoms with E-state index in [2.05, 4.69) is 5.32 Å². The zero-order chi connectivity index (χ0) is 18.0. The van der Waals surface area contributed by atoms with Crippen LogP contribution in [-0.2, 0) is 14.8 Å². The first kappa shape index (κ1) is 21.2. The number of sulfonamides is 1. The van der Waals surface area contributed by atoms with Crippen molar-refractivity contribution in [3.05, 3.63) is 29.3 Å². The molecule has 0 unspecified atom stereocenters. The summed E-state index contributed by atoms with van der Waals surface area (Å²) >= 11 is 0. The third-order valence-corrected chi connectivity index (χ3v) is 6.96. The first-order valence-electron chi connectivity index (χ1n) is 8.84. The minimum absolute atomic E-state index is 0. The molecule has 0 bridgehead atoms. The molecule has 3 rings (SSSR count). The summed E-state index contributed by atoms with van der Waals surface area (Å²) in [5.74, 6) is 0.195. The molecule has 2 aliphatic rings. The van der Waals surface area contributed by atoms with Gasteiger partial charge >= 0.3 is 5.97 Å². The summed E-state index contributed by atoms with van der Waals surface area (Å²) in [5.41, 5.74) is 0.929. The van der Waals surface area contributed by atoms with Gasteiger partial charge in [-0.3, -0.25) is 0 Å². The quantitative estimate of drug-likeness (QED) is 0.739. The lowest BCUT2D eigenvalue weighted by molar-refractivity contribution is 0.0596. The van der Waals surface area contributed by atoms with Gasteiger partial charge in [0.05, 0.1) is 17.6 Å². The van der Waals surface area contributed by atoms with E-state index in [4.69, 9.17) is 4.74 Å². The lowest BCUT2D eigenvalue weighted by Gasteiger charge is -2.32. The molecule has 1 aromatic rings. The van der Waals surface area contributed by atoms with Crippen molar-refractivity contribution in [1.82, 2.24) is 9.62 Å². The van der Waals surface area contributed by atoms with Crippen molar-refractivity contribution in [3.63, 3.8) is 0 Å². The van der Waals surface area contributed by atoms with Crippen LogP contribution in [0.5, 0.6) is 0 Å². The lowest BCUT2D eigenvalue weighted by atomic mass is 10.1. The minimum atomic E-state index is -3.70. The number of nitrogens with one attached hydrogen (secondary N) is 1. The second-order valence-corrected chi connectivity index (χ2v) is 8.93. The van der Waals surface area contributed by atoms with Crippen LogP contribution in [0.4, 0.5) is 0 Å². The Morgan fingerprint density at radius 1 is 1.23 bits per heavy atom. The van der Waals surface area contributed by atoms with Gasteiger partial charge in [0.1, 0.15) is 0 Å². The van der Waals surface area contributed by atoms with Crippen LogP contribution in [0.25, 0.3) is 0 Å². The number of rotatable bonds is 6. The normalized spacial score (nSPS) is 19.0. The maximum atomic E-state index is 13.0. The van der Waals surface area contributed by atoms with E-state index in [1.54, 1.807) is 12.1 Å². The first-order valence-corrected chi connectivity index (χ1v) is 10.3. The number of hydrogen-bond acceptors (Lipinski definition) is 5. The van der Waals surface area contributed by atoms with Gasteiger partial charge in [-0.05, 0) is 57.2 Å². The molecule has 1 heterocycles. The number of benzene rings is 1. The smallest absolute Gasteiger partial charge is 0.339 e. The highest BCUT2D eigenvalue weighted by Crippen LogP contribution is 2.29. The number of aryl methyl sites for hydroxylation is 1. The Morgan fingerprint density at radius 2 is 1.88 bits per heavy atom. The predicted octanol–water partition coefficient (Wildman–Crippen LogP) is 2.36. The van der Waals surface area contributed by atoms with Crippen LogP contribution in [0.2, 0.25) is 0 Å². The average molecular weight is 403 g/mol. The van der Waals surface area contributed by atoms with E-state index < -0.39 is 16.0 Å². The topological polar surface area (TPSA) is 75.7 Å². The standard InChI is InChI=1S/C18H26N2O4S.ClH/c1-13-3-6-17(16(11-13)18(21)24-2)25(22,23)20-9-7-15(8-10-20)19-12-14-4-5-14;/h3,6,11,14-15,19H,4-5,7-10,12H2,1-2H3;1H. The number of hydrogen-bond donors (Lipinski definition) is 1. The SMILES string of the molecule is COC(=O)c1cc(C)ccc1S(=O)(=O)N1CCC(NCC2CC2)CC1.Cl. The van der Waals surface area contributed by atoms with Crippen LogP contribution in [0.3, 0.4) is 0 Å². The Labute approximate surface area is 161 Å². The molecular formula is C18H27ClN2O4S. The fourth-order valence-corrected chi connectivity index (χ4v) is 4.86. The van der Waals surface area contributed by atoms with Gasteiger partial charge in [0.2, 0.25) is 10.0 Å². The van der Waals surface area contributed by atoms with Gasteiger partial charge in [-0.15, -0.1) is 12.4 Å². The molecule has 0 spiro atoms. The van der Waals surface area contributed by atoms with E-state index in [9.17, 15) is 13.2 Å². The van der Waals surface area contributed by atoms with Crippen LogP contribution in [0.15, 0.2) is 23.1 Å². The molecule has 146 valence electrons. The van der Waals surface area contributed by atoms with Crippen molar-refractivity contribution >= 4 is 28.4 Å². The number of carbonyl (C=O) groups excluding carboxylic acids is 1. The summed E-state index contributed by atoms with van der Waals surface area (Å²) in [6, 6.07) is 5.17. The van der Waals surface area contributed by atoms with Crippen LogP contribution >= 0.6 is 12.4 Å². The lowest BCUT2D eigenvalue weighted by Crippen LogP contribution is -2.45. The Hall–Kier alpha value is -1.15. The number of piperidine rings is 1. The van der Waals surface area contributed by atoms with Crippen LogP contribution in [-0.4, -0.2) is 51.5 Å². The highest BCUT2D eigenvalue weighted by molar-refractivity contribution is 7.89. The summed E-state index contributed by atoms with van der Waals surface area (Å²) in [6.07, 6.45) is 4.21. The average Bonchev–Trinajstić information content (AvgIpc) is 3.43. The van der Waals surface area contributed by atoms with Gasteiger partial charge in [0.15, 0.2) is 0 Å². The molecule has 0 aromatic heterocycles. The molecule has 0 atom stereocenters. The van der Waals surface area contributed by atoms with Crippen LogP contribution < -0.4 is 5.32 Å². The van der Waals surface area contributed by atoms with Gasteiger partial charge in [0.25, 0.3) is 0 Å². The number of nitrogens with zero attached hydrogens (tertiary/aromatic N) is 1. The molecule has 1 aliphatic carbocycles. The van der Waals surface area contributed by atoms with Crippen molar-refractivity contribution in [2.24, 2.45) is 5.92 Å². The second kappa shape index (κ2) is 8.69. The third-order valence-electron chi connectivity index (χ3n) is 5.00. The maximum absolute atomic E-state index is 13.0. The van der Waals surface area contributed by atoms with Crippen molar-refractivity contribution in [2.75, 3.05) is 26.7 Å².